The molecular weight excluding hydrogens is 434 g/mol. The van der Waals surface area contributed by atoms with Crippen LogP contribution in [0.1, 0.15) is 55.4 Å². The first-order valence-electron chi connectivity index (χ1n) is 11.1. The van der Waals surface area contributed by atoms with Gasteiger partial charge in [0, 0.05) is 6.61 Å². The Morgan fingerprint density at radius 1 is 1.06 bits per heavy atom. The first-order valence-corrected chi connectivity index (χ1v) is 11.1. The zero-order chi connectivity index (χ0) is 25.4. The number of esters is 1. The largest absolute Gasteiger partial charge is 0.458 e. The molecule has 0 N–H and O–H groups in total. The van der Waals surface area contributed by atoms with Gasteiger partial charge in [-0.15, -0.1) is 6.58 Å². The minimum absolute atomic E-state index is 0.0452. The molecule has 0 aromatic rings. The van der Waals surface area contributed by atoms with Gasteiger partial charge < -0.3 is 28.4 Å². The zero-order valence-corrected chi connectivity index (χ0v) is 21.0. The lowest BCUT2D eigenvalue weighted by Gasteiger charge is -2.32. The molecule has 0 bridgehead atoms. The number of ether oxygens (including phenoxy) is 6. The number of carbonyl (C=O) groups excluding carboxylic acids is 3. The second kappa shape index (κ2) is 12.3. The summed E-state index contributed by atoms with van der Waals surface area (Å²) in [7, 11) is 0. The maximum atomic E-state index is 13.1. The van der Waals surface area contributed by atoms with Gasteiger partial charge >= 0.3 is 18.2 Å². The Labute approximate surface area is 196 Å². The number of hydrogen-bond acceptors (Lipinski definition) is 9. The second-order valence-electron chi connectivity index (χ2n) is 9.61. The van der Waals surface area contributed by atoms with Crippen LogP contribution in [-0.4, -0.2) is 85.0 Å². The van der Waals surface area contributed by atoms with Gasteiger partial charge in [-0.3, -0.25) is 0 Å². The number of hydrogen-bond donors (Lipinski definition) is 0. The summed E-state index contributed by atoms with van der Waals surface area (Å²) >= 11 is 0. The van der Waals surface area contributed by atoms with Crippen LogP contribution < -0.4 is 0 Å². The Balaban J connectivity index is 3.29. The van der Waals surface area contributed by atoms with Crippen molar-refractivity contribution in [2.24, 2.45) is 0 Å². The lowest BCUT2D eigenvalue weighted by Crippen LogP contribution is -2.54. The summed E-state index contributed by atoms with van der Waals surface area (Å²) < 4.78 is 33.6. The van der Waals surface area contributed by atoms with E-state index in [-0.39, 0.29) is 19.8 Å². The Hall–Kier alpha value is -2.17. The van der Waals surface area contributed by atoms with Crippen LogP contribution in [0.2, 0.25) is 0 Å². The van der Waals surface area contributed by atoms with E-state index in [1.54, 1.807) is 54.5 Å². The van der Waals surface area contributed by atoms with Gasteiger partial charge in [-0.05, 0) is 55.4 Å². The van der Waals surface area contributed by atoms with Crippen LogP contribution in [0.15, 0.2) is 12.7 Å². The highest BCUT2D eigenvalue weighted by molar-refractivity contribution is 5.94. The van der Waals surface area contributed by atoms with E-state index in [0.717, 1.165) is 0 Å². The predicted octanol–water partition coefficient (Wildman–Crippen LogP) is 3.47. The van der Waals surface area contributed by atoms with E-state index in [1.807, 2.05) is 6.92 Å². The Morgan fingerprint density at radius 3 is 2.06 bits per heavy atom. The molecule has 190 valence electrons. The molecule has 1 heterocycles. The fraction of sp³-hybridized carbons (Fsp3) is 0.783. The molecule has 1 fully saturated rings. The van der Waals surface area contributed by atoms with Gasteiger partial charge in [-0.1, -0.05) is 6.08 Å². The van der Waals surface area contributed by atoms with Gasteiger partial charge in [0.25, 0.3) is 0 Å². The van der Waals surface area contributed by atoms with Gasteiger partial charge in [0.05, 0.1) is 19.8 Å². The molecule has 33 heavy (non-hydrogen) atoms. The average molecular weight is 474 g/mol. The molecule has 1 saturated heterocycles. The summed E-state index contributed by atoms with van der Waals surface area (Å²) in [4.78, 5) is 39.6. The molecule has 0 unspecified atom stereocenters. The molecule has 10 heteroatoms. The van der Waals surface area contributed by atoms with Gasteiger partial charge in [0.15, 0.2) is 6.04 Å². The van der Waals surface area contributed by atoms with Crippen LogP contribution in [0, 0.1) is 0 Å². The third kappa shape index (κ3) is 9.69. The van der Waals surface area contributed by atoms with E-state index >= 15 is 0 Å². The summed E-state index contributed by atoms with van der Waals surface area (Å²) in [6, 6.07) is -1.43. The number of cyclic esters (lactones) is 1. The van der Waals surface area contributed by atoms with Crippen LogP contribution >= 0.6 is 0 Å². The number of carbonyl (C=O) groups is 3. The summed E-state index contributed by atoms with van der Waals surface area (Å²) in [5.74, 6) is -0.858. The standard InChI is InChI=1S/C23H39NO9/c1-10-12-30-18-15(3)31-19(25)16(13-28-14-17(18)29-11-2)24(20(26)32-22(4,5)6)21(27)33-23(7,8)9/h10,15-18H,1,11-14H2,2-9H3/t15-,16-,17-,18-/m0/s1. The average Bonchev–Trinajstić information content (AvgIpc) is 2.68. The fourth-order valence-electron chi connectivity index (χ4n) is 3.00. The molecule has 2 amide bonds. The van der Waals surface area contributed by atoms with E-state index in [2.05, 4.69) is 6.58 Å². The van der Waals surface area contributed by atoms with E-state index in [0.29, 0.717) is 11.5 Å². The van der Waals surface area contributed by atoms with Gasteiger partial charge in [0.1, 0.15) is 29.5 Å². The summed E-state index contributed by atoms with van der Waals surface area (Å²) in [6.07, 6.45) is -2.49. The maximum absolute atomic E-state index is 13.1. The lowest BCUT2D eigenvalue weighted by molar-refractivity contribution is -0.168. The third-order valence-corrected chi connectivity index (χ3v) is 4.24. The molecule has 0 aromatic heterocycles. The number of nitrogens with zero attached hydrogens (tertiary/aromatic N) is 1. The molecule has 10 nitrogen and oxygen atoms in total. The lowest BCUT2D eigenvalue weighted by atomic mass is 10.1. The minimum Gasteiger partial charge on any atom is -0.458 e. The molecule has 0 radical (unpaired) electrons. The van der Waals surface area contributed by atoms with Crippen LogP contribution in [-0.2, 0) is 33.2 Å². The van der Waals surface area contributed by atoms with E-state index in [1.165, 1.54) is 0 Å². The van der Waals surface area contributed by atoms with Crippen molar-refractivity contribution >= 4 is 18.2 Å². The van der Waals surface area contributed by atoms with Crippen molar-refractivity contribution in [3.05, 3.63) is 12.7 Å². The molecule has 1 rings (SSSR count). The minimum atomic E-state index is -1.43. The van der Waals surface area contributed by atoms with Crippen LogP contribution in [0.4, 0.5) is 9.59 Å². The molecule has 1 aliphatic heterocycles. The molecule has 0 spiro atoms. The SMILES string of the molecule is C=CCO[C@H]1[C@H](C)OC(=O)[C@@H](N(C(=O)OC(C)(C)C)C(=O)OC(C)(C)C)COC[C@@H]1OCC. The van der Waals surface area contributed by atoms with Crippen molar-refractivity contribution in [2.75, 3.05) is 26.4 Å². The molecule has 0 saturated carbocycles. The van der Waals surface area contributed by atoms with Crippen LogP contribution in [0.3, 0.4) is 0 Å². The van der Waals surface area contributed by atoms with Crippen molar-refractivity contribution in [3.63, 3.8) is 0 Å². The summed E-state index contributed by atoms with van der Waals surface area (Å²) in [5, 5.41) is 0. The molecule has 4 atom stereocenters. The van der Waals surface area contributed by atoms with Crippen molar-refractivity contribution in [2.45, 2.75) is 90.9 Å². The predicted molar refractivity (Wildman–Crippen MR) is 120 cm³/mol. The van der Waals surface area contributed by atoms with Crippen molar-refractivity contribution in [3.8, 4) is 0 Å². The van der Waals surface area contributed by atoms with Gasteiger partial charge in [-0.2, -0.15) is 4.90 Å². The monoisotopic (exact) mass is 473 g/mol. The van der Waals surface area contributed by atoms with Gasteiger partial charge in [-0.25, -0.2) is 14.4 Å². The Bertz CT molecular complexity index is 652. The quantitative estimate of drug-likeness (QED) is 0.325. The number of imide groups is 1. The zero-order valence-electron chi connectivity index (χ0n) is 21.0. The van der Waals surface area contributed by atoms with Crippen LogP contribution in [0.5, 0.6) is 0 Å². The maximum Gasteiger partial charge on any atom is 0.420 e. The van der Waals surface area contributed by atoms with Gasteiger partial charge in [0.2, 0.25) is 0 Å². The van der Waals surface area contributed by atoms with Crippen molar-refractivity contribution < 1.29 is 42.8 Å². The topological polar surface area (TPSA) is 110 Å². The molecule has 1 aliphatic rings. The van der Waals surface area contributed by atoms with E-state index in [4.69, 9.17) is 28.4 Å². The molecule has 0 aliphatic carbocycles. The van der Waals surface area contributed by atoms with Crippen molar-refractivity contribution in [1.82, 2.24) is 4.90 Å². The highest BCUT2D eigenvalue weighted by Gasteiger charge is 2.44. The number of amides is 2. The number of rotatable bonds is 6. The fourth-order valence-corrected chi connectivity index (χ4v) is 3.00. The smallest absolute Gasteiger partial charge is 0.420 e. The third-order valence-electron chi connectivity index (χ3n) is 4.24. The highest BCUT2D eigenvalue weighted by Crippen LogP contribution is 2.21. The first-order chi connectivity index (χ1) is 15.2. The van der Waals surface area contributed by atoms with Crippen molar-refractivity contribution in [1.29, 1.82) is 0 Å². The Kier molecular flexibility index (Phi) is 10.8. The normalized spacial score (nSPS) is 24.5. The van der Waals surface area contributed by atoms with E-state index in [9.17, 15) is 14.4 Å². The van der Waals surface area contributed by atoms with Crippen LogP contribution in [0.25, 0.3) is 0 Å². The highest BCUT2D eigenvalue weighted by atomic mass is 16.6. The summed E-state index contributed by atoms with van der Waals surface area (Å²) in [6.45, 7) is 17.3. The first kappa shape index (κ1) is 28.9. The second-order valence-corrected chi connectivity index (χ2v) is 9.61. The molecular formula is C23H39NO9. The van der Waals surface area contributed by atoms with E-state index < -0.39 is 53.7 Å². The summed E-state index contributed by atoms with van der Waals surface area (Å²) in [5.41, 5.74) is -1.84. The Morgan fingerprint density at radius 2 is 1.61 bits per heavy atom. The molecule has 0 aromatic carbocycles.